The summed E-state index contributed by atoms with van der Waals surface area (Å²) in [6, 6.07) is 13.3. The van der Waals surface area contributed by atoms with Crippen molar-refractivity contribution in [1.82, 2.24) is 14.5 Å². The van der Waals surface area contributed by atoms with Gasteiger partial charge < -0.3 is 18.9 Å². The molecule has 4 rings (SSSR count). The van der Waals surface area contributed by atoms with E-state index in [1.807, 2.05) is 18.2 Å². The Balaban J connectivity index is 1.59. The number of hydrogen-bond donors (Lipinski definition) is 0. The molecule has 0 spiro atoms. The predicted octanol–water partition coefficient (Wildman–Crippen LogP) is 3.06. The van der Waals surface area contributed by atoms with E-state index < -0.39 is 0 Å². The van der Waals surface area contributed by atoms with Crippen molar-refractivity contribution in [3.63, 3.8) is 0 Å². The zero-order valence-electron chi connectivity index (χ0n) is 14.2. The summed E-state index contributed by atoms with van der Waals surface area (Å²) in [6.07, 6.45) is 0. The predicted molar refractivity (Wildman–Crippen MR) is 93.8 cm³/mol. The maximum Gasteiger partial charge on any atom is 0.254 e. The Morgan fingerprint density at radius 2 is 2.00 bits per heavy atom. The lowest BCUT2D eigenvalue weighted by atomic mass is 10.2. The van der Waals surface area contributed by atoms with Gasteiger partial charge in [-0.1, -0.05) is 12.1 Å². The number of para-hydroxylation sites is 2. The van der Waals surface area contributed by atoms with Gasteiger partial charge in [-0.05, 0) is 37.3 Å². The van der Waals surface area contributed by atoms with Gasteiger partial charge in [-0.25, -0.2) is 4.98 Å². The number of fused-ring (bicyclic) bond motifs is 2. The van der Waals surface area contributed by atoms with E-state index in [1.54, 1.807) is 30.1 Å². The second-order valence-electron chi connectivity index (χ2n) is 5.99. The second-order valence-corrected chi connectivity index (χ2v) is 5.99. The molecule has 0 saturated heterocycles. The van der Waals surface area contributed by atoms with Crippen LogP contribution in [0.3, 0.4) is 0 Å². The number of aryl methyl sites for hydroxylation is 1. The standard InChI is InChI=1S/C19H19N3O3/c1-3-22-15-7-5-4-6-14(15)20-18(22)11-21(2)19(23)13-8-9-16-17(10-13)25-12-24-16/h4-10H,3,11-12H2,1-2H3. The smallest absolute Gasteiger partial charge is 0.254 e. The van der Waals surface area contributed by atoms with Crippen LogP contribution < -0.4 is 9.47 Å². The van der Waals surface area contributed by atoms with Gasteiger partial charge in [-0.15, -0.1) is 0 Å². The molecular weight excluding hydrogens is 318 g/mol. The molecule has 2 heterocycles. The fraction of sp³-hybridized carbons (Fsp3) is 0.263. The van der Waals surface area contributed by atoms with Crippen LogP contribution in [0, 0.1) is 0 Å². The topological polar surface area (TPSA) is 56.6 Å². The number of aromatic nitrogens is 2. The molecular formula is C19H19N3O3. The minimum Gasteiger partial charge on any atom is -0.454 e. The molecule has 6 heteroatoms. The lowest BCUT2D eigenvalue weighted by molar-refractivity contribution is 0.0780. The fourth-order valence-corrected chi connectivity index (χ4v) is 3.13. The SMILES string of the molecule is CCn1c(CN(C)C(=O)c2ccc3c(c2)OCO3)nc2ccccc21. The second kappa shape index (κ2) is 6.12. The van der Waals surface area contributed by atoms with Crippen molar-refractivity contribution in [2.75, 3.05) is 13.8 Å². The van der Waals surface area contributed by atoms with Crippen LogP contribution >= 0.6 is 0 Å². The van der Waals surface area contributed by atoms with Crippen molar-refractivity contribution in [3.8, 4) is 11.5 Å². The van der Waals surface area contributed by atoms with Crippen LogP contribution in [0.15, 0.2) is 42.5 Å². The molecule has 0 radical (unpaired) electrons. The zero-order chi connectivity index (χ0) is 17.4. The first-order chi connectivity index (χ1) is 12.2. The Kier molecular flexibility index (Phi) is 3.80. The molecule has 1 amide bonds. The molecule has 0 unspecified atom stereocenters. The van der Waals surface area contributed by atoms with Gasteiger partial charge in [-0.3, -0.25) is 4.79 Å². The number of nitrogens with zero attached hydrogens (tertiary/aromatic N) is 3. The third-order valence-corrected chi connectivity index (χ3v) is 4.39. The third kappa shape index (κ3) is 2.69. The van der Waals surface area contributed by atoms with Crippen molar-refractivity contribution < 1.29 is 14.3 Å². The van der Waals surface area contributed by atoms with Crippen LogP contribution in [-0.4, -0.2) is 34.2 Å². The average Bonchev–Trinajstić information content (AvgIpc) is 3.23. The highest BCUT2D eigenvalue weighted by Crippen LogP contribution is 2.32. The molecule has 0 fully saturated rings. The number of imidazole rings is 1. The lowest BCUT2D eigenvalue weighted by Gasteiger charge is -2.18. The van der Waals surface area contributed by atoms with Gasteiger partial charge in [0.2, 0.25) is 6.79 Å². The summed E-state index contributed by atoms with van der Waals surface area (Å²) in [5, 5.41) is 0. The summed E-state index contributed by atoms with van der Waals surface area (Å²) >= 11 is 0. The first-order valence-corrected chi connectivity index (χ1v) is 8.26. The van der Waals surface area contributed by atoms with Crippen molar-refractivity contribution in [2.45, 2.75) is 20.0 Å². The number of carbonyl (C=O) groups excluding carboxylic acids is 1. The molecule has 0 saturated carbocycles. The van der Waals surface area contributed by atoms with Gasteiger partial charge in [-0.2, -0.15) is 0 Å². The van der Waals surface area contributed by atoms with Crippen LogP contribution in [0.2, 0.25) is 0 Å². The summed E-state index contributed by atoms with van der Waals surface area (Å²) < 4.78 is 12.8. The quantitative estimate of drug-likeness (QED) is 0.734. The molecule has 0 atom stereocenters. The Morgan fingerprint density at radius 1 is 1.20 bits per heavy atom. The first kappa shape index (κ1) is 15.5. The number of hydrogen-bond acceptors (Lipinski definition) is 4. The molecule has 0 N–H and O–H groups in total. The lowest BCUT2D eigenvalue weighted by Crippen LogP contribution is -2.27. The monoisotopic (exact) mass is 337 g/mol. The molecule has 2 aromatic carbocycles. The number of carbonyl (C=O) groups is 1. The third-order valence-electron chi connectivity index (χ3n) is 4.39. The highest BCUT2D eigenvalue weighted by Gasteiger charge is 2.20. The van der Waals surface area contributed by atoms with Crippen molar-refractivity contribution in [3.05, 3.63) is 53.9 Å². The maximum atomic E-state index is 12.8. The van der Waals surface area contributed by atoms with E-state index in [9.17, 15) is 4.79 Å². The zero-order valence-corrected chi connectivity index (χ0v) is 14.2. The van der Waals surface area contributed by atoms with E-state index in [-0.39, 0.29) is 12.7 Å². The van der Waals surface area contributed by atoms with Crippen molar-refractivity contribution in [2.24, 2.45) is 0 Å². The fourth-order valence-electron chi connectivity index (χ4n) is 3.13. The van der Waals surface area contributed by atoms with Crippen LogP contribution in [-0.2, 0) is 13.1 Å². The molecule has 25 heavy (non-hydrogen) atoms. The molecule has 0 bridgehead atoms. The Morgan fingerprint density at radius 3 is 2.84 bits per heavy atom. The first-order valence-electron chi connectivity index (χ1n) is 8.26. The number of rotatable bonds is 4. The van der Waals surface area contributed by atoms with E-state index in [2.05, 4.69) is 22.5 Å². The highest BCUT2D eigenvalue weighted by molar-refractivity contribution is 5.94. The molecule has 6 nitrogen and oxygen atoms in total. The van der Waals surface area contributed by atoms with E-state index in [0.29, 0.717) is 23.6 Å². The normalized spacial score (nSPS) is 12.6. The van der Waals surface area contributed by atoms with Gasteiger partial charge in [0.1, 0.15) is 5.82 Å². The largest absolute Gasteiger partial charge is 0.454 e. The number of benzene rings is 2. The number of amides is 1. The molecule has 1 aromatic heterocycles. The van der Waals surface area contributed by atoms with E-state index in [0.717, 1.165) is 23.4 Å². The molecule has 3 aromatic rings. The minimum absolute atomic E-state index is 0.0759. The van der Waals surface area contributed by atoms with Crippen molar-refractivity contribution >= 4 is 16.9 Å². The molecule has 128 valence electrons. The number of ether oxygens (including phenoxy) is 2. The maximum absolute atomic E-state index is 12.8. The Hall–Kier alpha value is -3.02. The summed E-state index contributed by atoms with van der Waals surface area (Å²) in [6.45, 7) is 3.53. The Bertz CT molecular complexity index is 948. The summed E-state index contributed by atoms with van der Waals surface area (Å²) in [5.74, 6) is 2.08. The minimum atomic E-state index is -0.0759. The van der Waals surface area contributed by atoms with Crippen LogP contribution in [0.1, 0.15) is 23.1 Å². The molecule has 0 aliphatic carbocycles. The van der Waals surface area contributed by atoms with Crippen LogP contribution in [0.4, 0.5) is 0 Å². The summed E-state index contributed by atoms with van der Waals surface area (Å²) in [4.78, 5) is 19.1. The van der Waals surface area contributed by atoms with Gasteiger partial charge >= 0.3 is 0 Å². The van der Waals surface area contributed by atoms with E-state index >= 15 is 0 Å². The van der Waals surface area contributed by atoms with Crippen molar-refractivity contribution in [1.29, 1.82) is 0 Å². The summed E-state index contributed by atoms with van der Waals surface area (Å²) in [5.41, 5.74) is 2.61. The average molecular weight is 337 g/mol. The van der Waals surface area contributed by atoms with Gasteiger partial charge in [0, 0.05) is 19.2 Å². The molecule has 1 aliphatic heterocycles. The van der Waals surface area contributed by atoms with Gasteiger partial charge in [0.15, 0.2) is 11.5 Å². The van der Waals surface area contributed by atoms with E-state index in [4.69, 9.17) is 9.47 Å². The van der Waals surface area contributed by atoms with E-state index in [1.165, 1.54) is 0 Å². The molecule has 1 aliphatic rings. The van der Waals surface area contributed by atoms with Gasteiger partial charge in [0.25, 0.3) is 5.91 Å². The van der Waals surface area contributed by atoms with Gasteiger partial charge in [0.05, 0.1) is 17.6 Å². The van der Waals surface area contributed by atoms with Crippen LogP contribution in [0.25, 0.3) is 11.0 Å². The summed E-state index contributed by atoms with van der Waals surface area (Å²) in [7, 11) is 1.78. The van der Waals surface area contributed by atoms with Crippen LogP contribution in [0.5, 0.6) is 11.5 Å². The Labute approximate surface area is 145 Å². The highest BCUT2D eigenvalue weighted by atomic mass is 16.7.